The molecule has 1 aromatic rings. The molecule has 0 spiro atoms. The number of allylic oxidation sites excluding steroid dienone is 1. The summed E-state index contributed by atoms with van der Waals surface area (Å²) in [6.45, 7) is 27.9. The van der Waals surface area contributed by atoms with E-state index in [0.717, 1.165) is 11.1 Å². The number of nitrogens with zero attached hydrogens (tertiary/aromatic N) is 1. The van der Waals surface area contributed by atoms with Crippen molar-refractivity contribution in [2.24, 2.45) is 11.8 Å². The van der Waals surface area contributed by atoms with Crippen LogP contribution in [-0.2, 0) is 23.6 Å². The summed E-state index contributed by atoms with van der Waals surface area (Å²) >= 11 is 0. The summed E-state index contributed by atoms with van der Waals surface area (Å²) in [5.41, 5.74) is 4.98. The first-order chi connectivity index (χ1) is 22.3. The van der Waals surface area contributed by atoms with E-state index >= 15 is 0 Å². The van der Waals surface area contributed by atoms with Crippen LogP contribution in [0.15, 0.2) is 43.5 Å². The first kappa shape index (κ1) is 40.9. The molecule has 0 saturated carbocycles. The lowest BCUT2D eigenvalue weighted by Crippen LogP contribution is -2.62. The van der Waals surface area contributed by atoms with Gasteiger partial charge in [0.25, 0.3) is 5.91 Å². The molecule has 0 bridgehead atoms. The second-order valence-corrected chi connectivity index (χ2v) is 19.7. The number of hydrazine groups is 1. The maximum absolute atomic E-state index is 13.6. The number of amides is 4. The molecule has 268 valence electrons. The predicted molar refractivity (Wildman–Crippen MR) is 196 cm³/mol. The van der Waals surface area contributed by atoms with Crippen molar-refractivity contribution in [3.8, 4) is 0 Å². The molecule has 11 heteroatoms. The Hall–Kier alpha value is -3.28. The van der Waals surface area contributed by atoms with Crippen LogP contribution in [0.2, 0.25) is 18.1 Å². The molecule has 0 aliphatic carbocycles. The topological polar surface area (TPSA) is 129 Å². The number of hydrogen-bond donors (Lipinski definition) is 4. The lowest BCUT2D eigenvalue weighted by Gasteiger charge is -2.41. The average molecular weight is 684 g/mol. The first-order valence-electron chi connectivity index (χ1n) is 17.3. The van der Waals surface area contributed by atoms with Crippen molar-refractivity contribution < 1.29 is 23.6 Å². The molecule has 1 saturated heterocycles. The van der Waals surface area contributed by atoms with Crippen molar-refractivity contribution in [2.45, 2.75) is 129 Å². The van der Waals surface area contributed by atoms with E-state index in [0.29, 0.717) is 32.2 Å². The SMILES string of the molecule is C=CCCC(O[Si](C)(C)C(C)(C)C)C(C)C(=O)NC(C(=O)NC(C)C(=O)N1CCCC(C(=O)NC(C)c2cccc(C=C)c2)N1)C(C)C. The summed E-state index contributed by atoms with van der Waals surface area (Å²) in [4.78, 5) is 53.6. The summed E-state index contributed by atoms with van der Waals surface area (Å²) in [6.07, 6.45) is 5.82. The van der Waals surface area contributed by atoms with Gasteiger partial charge in [-0.25, -0.2) is 5.43 Å². The summed E-state index contributed by atoms with van der Waals surface area (Å²) in [6, 6.07) is 5.23. The van der Waals surface area contributed by atoms with E-state index in [2.05, 4.69) is 68.4 Å². The largest absolute Gasteiger partial charge is 0.413 e. The van der Waals surface area contributed by atoms with Gasteiger partial charge in [0.15, 0.2) is 8.32 Å². The van der Waals surface area contributed by atoms with Gasteiger partial charge in [-0.05, 0) is 80.8 Å². The van der Waals surface area contributed by atoms with Crippen molar-refractivity contribution in [2.75, 3.05) is 6.54 Å². The molecular formula is C37H61N5O5Si. The van der Waals surface area contributed by atoms with Crippen LogP contribution in [0.1, 0.15) is 98.2 Å². The van der Waals surface area contributed by atoms with Crippen molar-refractivity contribution >= 4 is 38.0 Å². The number of hydrogen-bond acceptors (Lipinski definition) is 6. The van der Waals surface area contributed by atoms with E-state index in [1.807, 2.05) is 58.0 Å². The Bertz CT molecular complexity index is 1290. The van der Waals surface area contributed by atoms with Gasteiger partial charge in [-0.1, -0.05) is 78.5 Å². The molecule has 4 amide bonds. The lowest BCUT2D eigenvalue weighted by atomic mass is 9.97. The van der Waals surface area contributed by atoms with Gasteiger partial charge < -0.3 is 20.4 Å². The predicted octanol–water partition coefficient (Wildman–Crippen LogP) is 5.64. The third-order valence-electron chi connectivity index (χ3n) is 9.63. The standard InChI is InChI=1S/C37H61N5O5Si/c1-13-15-21-31(47-48(11,12)37(8,9)10)25(5)33(43)40-32(24(3)4)35(45)39-27(7)36(46)42-22-17-20-30(41-42)34(44)38-26(6)29-19-16-18-28(14-2)23-29/h13-14,16,18-19,23-27,30-32,41H,1-2,15,17,20-22H2,3-12H3,(H,38,44)(H,39,45)(H,40,43). The second-order valence-electron chi connectivity index (χ2n) is 15.0. The van der Waals surface area contributed by atoms with Crippen molar-refractivity contribution in [3.05, 3.63) is 54.6 Å². The molecule has 0 aromatic heterocycles. The van der Waals surface area contributed by atoms with Gasteiger partial charge in [0.05, 0.1) is 18.1 Å². The second kappa shape index (κ2) is 17.9. The van der Waals surface area contributed by atoms with E-state index in [4.69, 9.17) is 4.43 Å². The van der Waals surface area contributed by atoms with Gasteiger partial charge in [0, 0.05) is 6.54 Å². The van der Waals surface area contributed by atoms with E-state index < -0.39 is 38.3 Å². The highest BCUT2D eigenvalue weighted by molar-refractivity contribution is 6.74. The van der Waals surface area contributed by atoms with Crippen LogP contribution in [-0.4, -0.2) is 67.7 Å². The van der Waals surface area contributed by atoms with Crippen molar-refractivity contribution in [1.29, 1.82) is 0 Å². The Morgan fingerprint density at radius 2 is 1.71 bits per heavy atom. The van der Waals surface area contributed by atoms with E-state index in [1.165, 1.54) is 5.01 Å². The lowest BCUT2D eigenvalue weighted by molar-refractivity contribution is -0.143. The maximum Gasteiger partial charge on any atom is 0.258 e. The molecule has 4 N–H and O–H groups in total. The van der Waals surface area contributed by atoms with Crippen LogP contribution >= 0.6 is 0 Å². The Labute approximate surface area is 290 Å². The van der Waals surface area contributed by atoms with E-state index in [1.54, 1.807) is 13.0 Å². The molecule has 1 aromatic carbocycles. The van der Waals surface area contributed by atoms with Crippen LogP contribution in [0.4, 0.5) is 0 Å². The van der Waals surface area contributed by atoms with Gasteiger partial charge >= 0.3 is 0 Å². The highest BCUT2D eigenvalue weighted by Gasteiger charge is 2.41. The molecule has 10 nitrogen and oxygen atoms in total. The molecule has 6 unspecified atom stereocenters. The molecule has 0 radical (unpaired) electrons. The highest BCUT2D eigenvalue weighted by Crippen LogP contribution is 2.38. The minimum Gasteiger partial charge on any atom is -0.413 e. The minimum atomic E-state index is -2.17. The summed E-state index contributed by atoms with van der Waals surface area (Å²) < 4.78 is 6.67. The zero-order valence-electron chi connectivity index (χ0n) is 30.9. The molecule has 1 aliphatic heterocycles. The van der Waals surface area contributed by atoms with Gasteiger partial charge in [-0.15, -0.1) is 6.58 Å². The van der Waals surface area contributed by atoms with Crippen molar-refractivity contribution in [3.63, 3.8) is 0 Å². The Morgan fingerprint density at radius 1 is 1.04 bits per heavy atom. The zero-order chi connectivity index (χ0) is 36.4. The fourth-order valence-electron chi connectivity index (χ4n) is 5.32. The molecule has 6 atom stereocenters. The number of carbonyl (C=O) groups excluding carboxylic acids is 4. The highest BCUT2D eigenvalue weighted by atomic mass is 28.4. The first-order valence-corrected chi connectivity index (χ1v) is 20.2. The molecule has 1 fully saturated rings. The number of nitrogens with one attached hydrogen (secondary N) is 4. The summed E-state index contributed by atoms with van der Waals surface area (Å²) in [5.74, 6) is -2.01. The summed E-state index contributed by atoms with van der Waals surface area (Å²) in [7, 11) is -2.17. The van der Waals surface area contributed by atoms with Crippen molar-refractivity contribution in [1.82, 2.24) is 26.4 Å². The van der Waals surface area contributed by atoms with Crippen LogP contribution in [0.3, 0.4) is 0 Å². The van der Waals surface area contributed by atoms with Gasteiger partial charge in [-0.2, -0.15) is 0 Å². The number of carbonyl (C=O) groups is 4. The van der Waals surface area contributed by atoms with E-state index in [9.17, 15) is 19.2 Å². The van der Waals surface area contributed by atoms with Crippen LogP contribution in [0, 0.1) is 11.8 Å². The van der Waals surface area contributed by atoms with Crippen LogP contribution in [0.25, 0.3) is 6.08 Å². The monoisotopic (exact) mass is 683 g/mol. The smallest absolute Gasteiger partial charge is 0.258 e. The Balaban J connectivity index is 2.04. The molecule has 48 heavy (non-hydrogen) atoms. The van der Waals surface area contributed by atoms with Crippen LogP contribution < -0.4 is 21.4 Å². The number of benzene rings is 1. The quantitative estimate of drug-likeness (QED) is 0.132. The van der Waals surface area contributed by atoms with Gasteiger partial charge in [0.1, 0.15) is 18.1 Å². The van der Waals surface area contributed by atoms with Crippen LogP contribution in [0.5, 0.6) is 0 Å². The Kier molecular flexibility index (Phi) is 15.3. The number of rotatable bonds is 16. The fourth-order valence-corrected chi connectivity index (χ4v) is 6.75. The maximum atomic E-state index is 13.6. The molecule has 1 heterocycles. The van der Waals surface area contributed by atoms with E-state index in [-0.39, 0.29) is 40.8 Å². The normalized spacial score (nSPS) is 18.6. The Morgan fingerprint density at radius 3 is 2.29 bits per heavy atom. The average Bonchev–Trinajstić information content (AvgIpc) is 3.03. The third-order valence-corrected chi connectivity index (χ3v) is 14.1. The third kappa shape index (κ3) is 11.4. The minimum absolute atomic E-state index is 0.0257. The molecular weight excluding hydrogens is 623 g/mol. The van der Waals surface area contributed by atoms with Gasteiger partial charge in [0.2, 0.25) is 17.7 Å². The van der Waals surface area contributed by atoms with Gasteiger partial charge in [-0.3, -0.25) is 24.2 Å². The zero-order valence-corrected chi connectivity index (χ0v) is 31.9. The fraction of sp³-hybridized carbons (Fsp3) is 0.622. The molecule has 2 rings (SSSR count). The molecule has 1 aliphatic rings. The summed E-state index contributed by atoms with van der Waals surface area (Å²) in [5, 5.41) is 10.2.